The summed E-state index contributed by atoms with van der Waals surface area (Å²) in [6, 6.07) is -0.779. The molecule has 0 radical (unpaired) electrons. The first-order chi connectivity index (χ1) is 9.71. The Morgan fingerprint density at radius 2 is 1.62 bits per heavy atom. The van der Waals surface area contributed by atoms with E-state index < -0.39 is 12.0 Å². The summed E-state index contributed by atoms with van der Waals surface area (Å²) in [7, 11) is 0. The molecule has 2 atom stereocenters. The van der Waals surface area contributed by atoms with Crippen molar-refractivity contribution in [2.75, 3.05) is 32.7 Å². The van der Waals surface area contributed by atoms with Crippen molar-refractivity contribution in [3.8, 4) is 0 Å². The van der Waals surface area contributed by atoms with Crippen LogP contribution in [0.15, 0.2) is 0 Å². The van der Waals surface area contributed by atoms with Gasteiger partial charge < -0.3 is 14.9 Å². The van der Waals surface area contributed by atoms with Crippen molar-refractivity contribution in [3.63, 3.8) is 0 Å². The Labute approximate surface area is 126 Å². The van der Waals surface area contributed by atoms with Gasteiger partial charge in [0.2, 0.25) is 0 Å². The lowest BCUT2D eigenvalue weighted by atomic mass is 10.0. The van der Waals surface area contributed by atoms with E-state index in [1.54, 1.807) is 9.80 Å². The average Bonchev–Trinajstić information content (AvgIpc) is 2.79. The topological polar surface area (TPSA) is 64.1 Å². The number of carbonyl (C=O) groups excluding carboxylic acids is 1. The number of rotatable bonds is 1. The van der Waals surface area contributed by atoms with E-state index in [-0.39, 0.29) is 17.5 Å². The van der Waals surface area contributed by atoms with Gasteiger partial charge in [-0.15, -0.1) is 0 Å². The molecular weight excluding hydrogens is 270 g/mol. The van der Waals surface area contributed by atoms with Gasteiger partial charge >= 0.3 is 12.0 Å². The normalized spacial score (nSPS) is 28.0. The van der Waals surface area contributed by atoms with Gasteiger partial charge in [-0.3, -0.25) is 4.90 Å². The predicted molar refractivity (Wildman–Crippen MR) is 80.2 cm³/mol. The zero-order chi connectivity index (χ0) is 15.8. The molecule has 2 aliphatic heterocycles. The first kappa shape index (κ1) is 16.1. The molecule has 2 unspecified atom stereocenters. The number of piperazine rings is 1. The lowest BCUT2D eigenvalue weighted by Gasteiger charge is -2.43. The fourth-order valence-corrected chi connectivity index (χ4v) is 3.29. The lowest BCUT2D eigenvalue weighted by molar-refractivity contribution is -0.142. The van der Waals surface area contributed by atoms with Crippen LogP contribution in [0.1, 0.15) is 34.1 Å². The van der Waals surface area contributed by atoms with Crippen LogP contribution in [-0.4, -0.2) is 76.1 Å². The van der Waals surface area contributed by atoms with E-state index in [2.05, 4.69) is 25.7 Å². The summed E-state index contributed by atoms with van der Waals surface area (Å²) < 4.78 is 0. The van der Waals surface area contributed by atoms with Crippen LogP contribution < -0.4 is 0 Å². The number of carboxylic acid groups (broad SMARTS) is 1. The van der Waals surface area contributed by atoms with E-state index in [0.29, 0.717) is 19.6 Å². The van der Waals surface area contributed by atoms with Crippen LogP contribution in [0.25, 0.3) is 0 Å². The van der Waals surface area contributed by atoms with Gasteiger partial charge in [-0.25, -0.2) is 9.59 Å². The van der Waals surface area contributed by atoms with Crippen LogP contribution in [0, 0.1) is 5.92 Å². The molecule has 2 saturated heterocycles. The number of urea groups is 1. The second kappa shape index (κ2) is 5.83. The summed E-state index contributed by atoms with van der Waals surface area (Å²) in [5, 5.41) is 9.33. The summed E-state index contributed by atoms with van der Waals surface area (Å²) >= 11 is 0. The van der Waals surface area contributed by atoms with Gasteiger partial charge in [-0.1, -0.05) is 6.92 Å². The number of aliphatic carboxylic acids is 1. The van der Waals surface area contributed by atoms with E-state index >= 15 is 0 Å². The van der Waals surface area contributed by atoms with E-state index in [1.165, 1.54) is 0 Å². The van der Waals surface area contributed by atoms with Crippen LogP contribution in [0.5, 0.6) is 0 Å². The smallest absolute Gasteiger partial charge is 0.326 e. The second-order valence-electron chi connectivity index (χ2n) is 7.17. The van der Waals surface area contributed by atoms with Gasteiger partial charge in [0.25, 0.3) is 0 Å². The van der Waals surface area contributed by atoms with Crippen LogP contribution in [0.2, 0.25) is 0 Å². The van der Waals surface area contributed by atoms with Crippen LogP contribution >= 0.6 is 0 Å². The highest BCUT2D eigenvalue weighted by molar-refractivity contribution is 5.83. The Bertz CT molecular complexity index is 411. The summed E-state index contributed by atoms with van der Waals surface area (Å²) in [5.74, 6) is -0.857. The molecule has 0 saturated carbocycles. The van der Waals surface area contributed by atoms with Gasteiger partial charge in [0.05, 0.1) is 0 Å². The number of nitrogens with zero attached hydrogens (tertiary/aromatic N) is 3. The first-order valence-electron chi connectivity index (χ1n) is 7.75. The molecule has 0 aromatic heterocycles. The second-order valence-corrected chi connectivity index (χ2v) is 7.17. The number of carbonyl (C=O) groups is 2. The van der Waals surface area contributed by atoms with E-state index in [0.717, 1.165) is 19.5 Å². The first-order valence-corrected chi connectivity index (χ1v) is 7.75. The monoisotopic (exact) mass is 297 g/mol. The third kappa shape index (κ3) is 3.31. The molecule has 2 fully saturated rings. The highest BCUT2D eigenvalue weighted by atomic mass is 16.4. The third-order valence-corrected chi connectivity index (χ3v) is 4.70. The minimum Gasteiger partial charge on any atom is -0.480 e. The maximum absolute atomic E-state index is 12.6. The van der Waals surface area contributed by atoms with Gasteiger partial charge in [-0.2, -0.15) is 0 Å². The maximum atomic E-state index is 12.6. The molecule has 1 N–H and O–H groups in total. The lowest BCUT2D eigenvalue weighted by Crippen LogP contribution is -2.58. The highest BCUT2D eigenvalue weighted by Gasteiger charge is 2.41. The van der Waals surface area contributed by atoms with Gasteiger partial charge in [0.1, 0.15) is 6.04 Å². The molecule has 6 nitrogen and oxygen atoms in total. The third-order valence-electron chi connectivity index (χ3n) is 4.70. The Hall–Kier alpha value is -1.30. The van der Waals surface area contributed by atoms with Crippen molar-refractivity contribution in [2.45, 2.75) is 45.7 Å². The van der Waals surface area contributed by atoms with Crippen molar-refractivity contribution >= 4 is 12.0 Å². The molecule has 2 amide bonds. The Morgan fingerprint density at radius 3 is 2.10 bits per heavy atom. The fourth-order valence-electron chi connectivity index (χ4n) is 3.29. The minimum atomic E-state index is -0.887. The quantitative estimate of drug-likeness (QED) is 0.793. The number of hydrogen-bond acceptors (Lipinski definition) is 3. The van der Waals surface area contributed by atoms with Crippen LogP contribution in [0.3, 0.4) is 0 Å². The molecule has 0 bridgehead atoms. The van der Waals surface area contributed by atoms with Crippen molar-refractivity contribution in [2.24, 2.45) is 5.92 Å². The Balaban J connectivity index is 1.97. The zero-order valence-corrected chi connectivity index (χ0v) is 13.5. The zero-order valence-electron chi connectivity index (χ0n) is 13.5. The number of likely N-dealkylation sites (tertiary alicyclic amines) is 1. The Morgan fingerprint density at radius 1 is 1.05 bits per heavy atom. The number of amides is 2. The van der Waals surface area contributed by atoms with E-state index in [4.69, 9.17) is 0 Å². The van der Waals surface area contributed by atoms with Gasteiger partial charge in [0.15, 0.2) is 0 Å². The predicted octanol–water partition coefficient (Wildman–Crippen LogP) is 1.32. The Kier molecular flexibility index (Phi) is 4.46. The molecule has 6 heteroatoms. The van der Waals surface area contributed by atoms with Crippen molar-refractivity contribution in [1.82, 2.24) is 14.7 Å². The van der Waals surface area contributed by atoms with Gasteiger partial charge in [0, 0.05) is 38.3 Å². The molecule has 0 aromatic carbocycles. The van der Waals surface area contributed by atoms with E-state index in [1.807, 2.05) is 6.92 Å². The molecule has 120 valence electrons. The maximum Gasteiger partial charge on any atom is 0.326 e. The van der Waals surface area contributed by atoms with Crippen molar-refractivity contribution in [3.05, 3.63) is 0 Å². The SMILES string of the molecule is CC1CCN(C(=O)N2CCN(C(C)(C)C)CC2)C1C(=O)O. The molecule has 2 aliphatic rings. The van der Waals surface area contributed by atoms with Crippen molar-refractivity contribution < 1.29 is 14.7 Å². The van der Waals surface area contributed by atoms with Crippen LogP contribution in [-0.2, 0) is 4.79 Å². The van der Waals surface area contributed by atoms with Gasteiger partial charge in [-0.05, 0) is 33.1 Å². The summed E-state index contributed by atoms with van der Waals surface area (Å²) in [5.41, 5.74) is 0.112. The summed E-state index contributed by atoms with van der Waals surface area (Å²) in [6.45, 7) is 12.0. The molecule has 21 heavy (non-hydrogen) atoms. The molecule has 2 heterocycles. The number of carboxylic acids is 1. The molecule has 0 spiro atoms. The average molecular weight is 297 g/mol. The highest BCUT2D eigenvalue weighted by Crippen LogP contribution is 2.26. The summed E-state index contributed by atoms with van der Waals surface area (Å²) in [6.07, 6.45) is 0.769. The molecule has 0 aliphatic carbocycles. The fraction of sp³-hybridized carbons (Fsp3) is 0.867. The number of hydrogen-bond donors (Lipinski definition) is 1. The molecule has 0 aromatic rings. The van der Waals surface area contributed by atoms with Crippen molar-refractivity contribution in [1.29, 1.82) is 0 Å². The van der Waals surface area contributed by atoms with Crippen LogP contribution in [0.4, 0.5) is 4.79 Å². The minimum absolute atomic E-state index is 0.0299. The standard InChI is InChI=1S/C15H27N3O3/c1-11-5-6-18(12(11)13(19)20)14(21)16-7-9-17(10-8-16)15(2,3)4/h11-12H,5-10H2,1-4H3,(H,19,20). The van der Waals surface area contributed by atoms with E-state index in [9.17, 15) is 14.7 Å². The largest absolute Gasteiger partial charge is 0.480 e. The molecular formula is C15H27N3O3. The molecule has 2 rings (SSSR count). The summed E-state index contributed by atoms with van der Waals surface area (Å²) in [4.78, 5) is 29.7.